The van der Waals surface area contributed by atoms with Crippen molar-refractivity contribution in [3.05, 3.63) is 59.2 Å². The zero-order chi connectivity index (χ0) is 19.2. The van der Waals surface area contributed by atoms with E-state index in [0.717, 1.165) is 23.3 Å². The van der Waals surface area contributed by atoms with Crippen LogP contribution in [0, 0.1) is 12.3 Å². The number of phenolic OH excluding ortho intramolecular Hbond substituents is 1. The summed E-state index contributed by atoms with van der Waals surface area (Å²) in [5.74, 6) is 3.12. The van der Waals surface area contributed by atoms with Crippen molar-refractivity contribution in [2.24, 2.45) is 0 Å². The monoisotopic (exact) mass is 363 g/mol. The summed E-state index contributed by atoms with van der Waals surface area (Å²) >= 11 is 0. The molecule has 6 heteroatoms. The summed E-state index contributed by atoms with van der Waals surface area (Å²) in [6, 6.07) is 9.88. The van der Waals surface area contributed by atoms with Crippen molar-refractivity contribution in [2.45, 2.75) is 31.6 Å². The number of rotatable bonds is 7. The summed E-state index contributed by atoms with van der Waals surface area (Å²) in [6.07, 6.45) is 2.52. The SMILES string of the molecule is C#CC(CCc1ccc(O)c(OC)c1)NCc1ccc(C(F)(F)F)cc1. The van der Waals surface area contributed by atoms with Crippen molar-refractivity contribution in [2.75, 3.05) is 7.11 Å². The van der Waals surface area contributed by atoms with Crippen LogP contribution < -0.4 is 10.1 Å². The van der Waals surface area contributed by atoms with E-state index in [1.54, 1.807) is 18.2 Å². The van der Waals surface area contributed by atoms with E-state index in [2.05, 4.69) is 11.2 Å². The number of benzene rings is 2. The first-order valence-corrected chi connectivity index (χ1v) is 8.05. The van der Waals surface area contributed by atoms with Crippen LogP contribution in [-0.4, -0.2) is 18.3 Å². The number of aromatic hydroxyl groups is 1. The Kier molecular flexibility index (Phi) is 6.53. The van der Waals surface area contributed by atoms with Gasteiger partial charge in [-0.15, -0.1) is 6.42 Å². The van der Waals surface area contributed by atoms with E-state index in [4.69, 9.17) is 11.2 Å². The van der Waals surface area contributed by atoms with Crippen LogP contribution in [-0.2, 0) is 19.1 Å². The molecule has 0 aliphatic heterocycles. The van der Waals surface area contributed by atoms with Crippen LogP contribution in [0.2, 0.25) is 0 Å². The Bertz CT molecular complexity index is 764. The number of hydrogen-bond acceptors (Lipinski definition) is 3. The molecule has 2 aromatic carbocycles. The fourth-order valence-corrected chi connectivity index (χ4v) is 2.49. The van der Waals surface area contributed by atoms with Crippen LogP contribution in [0.5, 0.6) is 11.5 Å². The molecule has 2 aromatic rings. The average Bonchev–Trinajstić information content (AvgIpc) is 2.62. The maximum atomic E-state index is 12.6. The maximum absolute atomic E-state index is 12.6. The summed E-state index contributed by atoms with van der Waals surface area (Å²) < 4.78 is 42.8. The fourth-order valence-electron chi connectivity index (χ4n) is 2.49. The number of methoxy groups -OCH3 is 1. The molecular weight excluding hydrogens is 343 g/mol. The second kappa shape index (κ2) is 8.63. The standard InChI is InChI=1S/C20H20F3NO2/c1-3-17(10-6-14-7-11-18(25)19(12-14)26-2)24-13-15-4-8-16(9-5-15)20(21,22)23/h1,4-5,7-9,11-12,17,24-25H,6,10,13H2,2H3. The molecule has 0 radical (unpaired) electrons. The second-order valence-electron chi connectivity index (χ2n) is 5.84. The summed E-state index contributed by atoms with van der Waals surface area (Å²) in [5.41, 5.74) is 1.02. The first-order chi connectivity index (χ1) is 12.3. The van der Waals surface area contributed by atoms with Gasteiger partial charge in [-0.1, -0.05) is 24.1 Å². The number of phenols is 1. The van der Waals surface area contributed by atoms with Gasteiger partial charge in [0, 0.05) is 6.54 Å². The Morgan fingerprint density at radius 2 is 1.81 bits per heavy atom. The molecule has 0 aromatic heterocycles. The lowest BCUT2D eigenvalue weighted by molar-refractivity contribution is -0.137. The highest BCUT2D eigenvalue weighted by Crippen LogP contribution is 2.29. The zero-order valence-electron chi connectivity index (χ0n) is 14.3. The lowest BCUT2D eigenvalue weighted by Crippen LogP contribution is -2.27. The lowest BCUT2D eigenvalue weighted by Gasteiger charge is -2.14. The first-order valence-electron chi connectivity index (χ1n) is 8.05. The third kappa shape index (κ3) is 5.43. The number of alkyl halides is 3. The molecule has 138 valence electrons. The molecule has 2 rings (SSSR count). The number of halogens is 3. The van der Waals surface area contributed by atoms with Gasteiger partial charge in [-0.25, -0.2) is 0 Å². The molecule has 0 saturated carbocycles. The zero-order valence-corrected chi connectivity index (χ0v) is 14.3. The highest BCUT2D eigenvalue weighted by molar-refractivity contribution is 5.41. The number of aryl methyl sites for hydroxylation is 1. The van der Waals surface area contributed by atoms with E-state index in [1.807, 2.05) is 0 Å². The minimum atomic E-state index is -4.33. The molecule has 3 nitrogen and oxygen atoms in total. The van der Waals surface area contributed by atoms with Crippen molar-refractivity contribution in [3.63, 3.8) is 0 Å². The molecule has 0 amide bonds. The van der Waals surface area contributed by atoms with Crippen LogP contribution in [0.3, 0.4) is 0 Å². The molecule has 26 heavy (non-hydrogen) atoms. The largest absolute Gasteiger partial charge is 0.504 e. The van der Waals surface area contributed by atoms with Gasteiger partial charge in [0.1, 0.15) is 0 Å². The third-order valence-electron chi connectivity index (χ3n) is 4.00. The normalized spacial score (nSPS) is 12.4. The summed E-state index contributed by atoms with van der Waals surface area (Å²) in [6.45, 7) is 0.381. The van der Waals surface area contributed by atoms with E-state index >= 15 is 0 Å². The third-order valence-corrected chi connectivity index (χ3v) is 4.00. The smallest absolute Gasteiger partial charge is 0.416 e. The lowest BCUT2D eigenvalue weighted by atomic mass is 10.0. The Morgan fingerprint density at radius 1 is 1.15 bits per heavy atom. The van der Waals surface area contributed by atoms with Crippen LogP contribution in [0.1, 0.15) is 23.1 Å². The molecule has 0 saturated heterocycles. The summed E-state index contributed by atoms with van der Waals surface area (Å²) in [5, 5.41) is 12.8. The summed E-state index contributed by atoms with van der Waals surface area (Å²) in [4.78, 5) is 0. The van der Waals surface area contributed by atoms with Gasteiger partial charge in [-0.05, 0) is 48.2 Å². The predicted octanol–water partition coefficient (Wildman–Crippen LogP) is 4.14. The molecule has 0 spiro atoms. The van der Waals surface area contributed by atoms with Crippen LogP contribution in [0.4, 0.5) is 13.2 Å². The van der Waals surface area contributed by atoms with Crippen molar-refractivity contribution >= 4 is 0 Å². The van der Waals surface area contributed by atoms with Crippen molar-refractivity contribution in [3.8, 4) is 23.8 Å². The molecule has 0 heterocycles. The van der Waals surface area contributed by atoms with Gasteiger partial charge in [0.25, 0.3) is 0 Å². The summed E-state index contributed by atoms with van der Waals surface area (Å²) in [7, 11) is 1.48. The first kappa shape index (κ1) is 19.7. The van der Waals surface area contributed by atoms with Crippen LogP contribution >= 0.6 is 0 Å². The van der Waals surface area contributed by atoms with E-state index in [1.165, 1.54) is 19.2 Å². The fraction of sp³-hybridized carbons (Fsp3) is 0.300. The van der Waals surface area contributed by atoms with Gasteiger partial charge < -0.3 is 9.84 Å². The van der Waals surface area contributed by atoms with E-state index < -0.39 is 11.7 Å². The van der Waals surface area contributed by atoms with Gasteiger partial charge >= 0.3 is 6.18 Å². The molecule has 1 atom stereocenters. The van der Waals surface area contributed by atoms with Crippen LogP contribution in [0.15, 0.2) is 42.5 Å². The van der Waals surface area contributed by atoms with E-state index in [9.17, 15) is 18.3 Å². The molecule has 0 aliphatic rings. The van der Waals surface area contributed by atoms with Crippen molar-refractivity contribution in [1.29, 1.82) is 0 Å². The molecular formula is C20H20F3NO2. The minimum absolute atomic E-state index is 0.0742. The number of terminal acetylenes is 1. The highest BCUT2D eigenvalue weighted by Gasteiger charge is 2.29. The molecule has 0 aliphatic carbocycles. The molecule has 2 N–H and O–H groups in total. The quantitative estimate of drug-likeness (QED) is 0.727. The highest BCUT2D eigenvalue weighted by atomic mass is 19.4. The number of nitrogens with one attached hydrogen (secondary N) is 1. The van der Waals surface area contributed by atoms with Gasteiger partial charge in [0.15, 0.2) is 11.5 Å². The Hall–Kier alpha value is -2.65. The second-order valence-corrected chi connectivity index (χ2v) is 5.84. The molecule has 1 unspecified atom stereocenters. The van der Waals surface area contributed by atoms with Gasteiger partial charge in [0.2, 0.25) is 0 Å². The Morgan fingerprint density at radius 3 is 2.38 bits per heavy atom. The van der Waals surface area contributed by atoms with E-state index in [0.29, 0.717) is 25.1 Å². The maximum Gasteiger partial charge on any atom is 0.416 e. The van der Waals surface area contributed by atoms with Gasteiger partial charge in [-0.3, -0.25) is 5.32 Å². The Labute approximate surface area is 150 Å². The average molecular weight is 363 g/mol. The number of hydrogen-bond donors (Lipinski definition) is 2. The van der Waals surface area contributed by atoms with E-state index in [-0.39, 0.29) is 11.8 Å². The van der Waals surface area contributed by atoms with Crippen molar-refractivity contribution < 1.29 is 23.0 Å². The molecule has 0 bridgehead atoms. The van der Waals surface area contributed by atoms with Gasteiger partial charge in [-0.2, -0.15) is 13.2 Å². The van der Waals surface area contributed by atoms with Gasteiger partial charge in [0.05, 0.1) is 18.7 Å². The van der Waals surface area contributed by atoms with Crippen LogP contribution in [0.25, 0.3) is 0 Å². The minimum Gasteiger partial charge on any atom is -0.504 e. The topological polar surface area (TPSA) is 41.5 Å². The number of ether oxygens (including phenoxy) is 1. The van der Waals surface area contributed by atoms with Crippen molar-refractivity contribution in [1.82, 2.24) is 5.32 Å². The molecule has 0 fully saturated rings. The Balaban J connectivity index is 1.89. The predicted molar refractivity (Wildman–Crippen MR) is 93.9 cm³/mol.